The highest BCUT2D eigenvalue weighted by molar-refractivity contribution is 9.10. The Bertz CT molecular complexity index is 1410. The molecule has 0 N–H and O–H groups in total. The van der Waals surface area contributed by atoms with Crippen LogP contribution in [0, 0.1) is 24.0 Å². The van der Waals surface area contributed by atoms with Crippen molar-refractivity contribution in [2.75, 3.05) is 13.7 Å². The average Bonchev–Trinajstić information content (AvgIpc) is 3.23. The summed E-state index contributed by atoms with van der Waals surface area (Å²) >= 11 is 10.8. The number of aromatic nitrogens is 3. The standard InChI is InChI=1S/C26H24BrClN4O4S/c1-16-5-4-6-21(11-16)32-17(2)29-30-26(32)37-24(14-31(33)34)19-12-22(27)25(23(13-19)35-3)36-15-18-7-9-20(28)10-8-18/h4-13,24H,14-15H2,1-3H3/t24-/m0/s1. The predicted molar refractivity (Wildman–Crippen MR) is 148 cm³/mol. The SMILES string of the molecule is COc1cc([C@H](C[N+](=O)[O-])Sc2nnc(C)n2-c2cccc(C)c2)cc(Br)c1OCc1ccc(Cl)cc1. The van der Waals surface area contributed by atoms with E-state index in [4.69, 9.17) is 21.1 Å². The van der Waals surface area contributed by atoms with Gasteiger partial charge < -0.3 is 9.47 Å². The molecule has 0 radical (unpaired) electrons. The fraction of sp³-hybridized carbons (Fsp3) is 0.231. The molecular weight excluding hydrogens is 580 g/mol. The van der Waals surface area contributed by atoms with Gasteiger partial charge in [-0.25, -0.2) is 0 Å². The normalized spacial score (nSPS) is 11.8. The Morgan fingerprint density at radius 2 is 1.89 bits per heavy atom. The maximum Gasteiger partial charge on any atom is 0.220 e. The number of hydrogen-bond donors (Lipinski definition) is 0. The average molecular weight is 604 g/mol. The van der Waals surface area contributed by atoms with E-state index in [1.807, 2.05) is 60.9 Å². The van der Waals surface area contributed by atoms with Crippen LogP contribution >= 0.6 is 39.3 Å². The lowest BCUT2D eigenvalue weighted by molar-refractivity contribution is -0.479. The molecule has 0 spiro atoms. The summed E-state index contributed by atoms with van der Waals surface area (Å²) in [5.41, 5.74) is 3.62. The Balaban J connectivity index is 1.65. The second-order valence-corrected chi connectivity index (χ2v) is 10.7. The summed E-state index contributed by atoms with van der Waals surface area (Å²) in [7, 11) is 1.54. The van der Waals surface area contributed by atoms with Gasteiger partial charge in [0.25, 0.3) is 0 Å². The molecule has 0 amide bonds. The molecule has 192 valence electrons. The van der Waals surface area contributed by atoms with Gasteiger partial charge in [-0.15, -0.1) is 10.2 Å². The zero-order chi connectivity index (χ0) is 26.5. The van der Waals surface area contributed by atoms with Crippen molar-refractivity contribution in [3.8, 4) is 17.2 Å². The van der Waals surface area contributed by atoms with E-state index in [0.29, 0.717) is 44.1 Å². The van der Waals surface area contributed by atoms with Crippen LogP contribution in [0.15, 0.2) is 70.3 Å². The van der Waals surface area contributed by atoms with E-state index in [-0.39, 0.29) is 11.5 Å². The molecule has 11 heteroatoms. The molecule has 1 heterocycles. The highest BCUT2D eigenvalue weighted by Gasteiger charge is 2.26. The molecule has 3 aromatic carbocycles. The third-order valence-electron chi connectivity index (χ3n) is 5.54. The minimum Gasteiger partial charge on any atom is -0.493 e. The first-order valence-electron chi connectivity index (χ1n) is 11.3. The summed E-state index contributed by atoms with van der Waals surface area (Å²) in [4.78, 5) is 11.3. The number of halogens is 2. The summed E-state index contributed by atoms with van der Waals surface area (Å²) < 4.78 is 14.2. The molecule has 1 atom stereocenters. The van der Waals surface area contributed by atoms with E-state index in [1.54, 1.807) is 18.2 Å². The molecule has 0 fully saturated rings. The van der Waals surface area contributed by atoms with Crippen LogP contribution in [-0.4, -0.2) is 33.3 Å². The van der Waals surface area contributed by atoms with Crippen LogP contribution in [0.3, 0.4) is 0 Å². The number of methoxy groups -OCH3 is 1. The van der Waals surface area contributed by atoms with Crippen molar-refractivity contribution in [3.63, 3.8) is 0 Å². The quantitative estimate of drug-likeness (QED) is 0.109. The molecule has 0 aliphatic heterocycles. The summed E-state index contributed by atoms with van der Waals surface area (Å²) in [5.74, 6) is 1.66. The number of ether oxygens (including phenoxy) is 2. The molecule has 0 aliphatic carbocycles. The highest BCUT2D eigenvalue weighted by atomic mass is 79.9. The summed E-state index contributed by atoms with van der Waals surface area (Å²) in [6.07, 6.45) is 0. The monoisotopic (exact) mass is 602 g/mol. The number of benzene rings is 3. The first kappa shape index (κ1) is 27.0. The van der Waals surface area contributed by atoms with E-state index in [1.165, 1.54) is 18.9 Å². The fourth-order valence-electron chi connectivity index (χ4n) is 3.76. The molecule has 0 aliphatic rings. The van der Waals surface area contributed by atoms with Crippen molar-refractivity contribution >= 4 is 39.3 Å². The van der Waals surface area contributed by atoms with E-state index < -0.39 is 5.25 Å². The van der Waals surface area contributed by atoms with Crippen molar-refractivity contribution in [1.82, 2.24) is 14.8 Å². The third kappa shape index (κ3) is 6.63. The van der Waals surface area contributed by atoms with Crippen LogP contribution in [0.25, 0.3) is 5.69 Å². The molecular formula is C26H24BrClN4O4S. The zero-order valence-electron chi connectivity index (χ0n) is 20.4. The second kappa shape index (κ2) is 12.0. The zero-order valence-corrected chi connectivity index (χ0v) is 23.5. The van der Waals surface area contributed by atoms with Crippen LogP contribution in [0.1, 0.15) is 27.8 Å². The Kier molecular flexibility index (Phi) is 8.73. The molecule has 0 bridgehead atoms. The van der Waals surface area contributed by atoms with Crippen molar-refractivity contribution in [3.05, 3.63) is 103 Å². The van der Waals surface area contributed by atoms with Gasteiger partial charge in [0.05, 0.1) is 11.6 Å². The summed E-state index contributed by atoms with van der Waals surface area (Å²) in [5, 5.41) is 20.8. The van der Waals surface area contributed by atoms with E-state index in [2.05, 4.69) is 26.1 Å². The number of aryl methyl sites for hydroxylation is 2. The van der Waals surface area contributed by atoms with E-state index >= 15 is 0 Å². The van der Waals surface area contributed by atoms with Crippen molar-refractivity contribution in [1.29, 1.82) is 0 Å². The lowest BCUT2D eigenvalue weighted by Crippen LogP contribution is -2.12. The Morgan fingerprint density at radius 1 is 1.14 bits per heavy atom. The molecule has 4 rings (SSSR count). The van der Waals surface area contributed by atoms with Crippen LogP contribution in [0.2, 0.25) is 5.02 Å². The Labute approximate surface area is 232 Å². The maximum absolute atomic E-state index is 11.6. The Hall–Kier alpha value is -3.08. The number of rotatable bonds is 10. The number of nitro groups is 1. The predicted octanol–water partition coefficient (Wildman–Crippen LogP) is 7.00. The fourth-order valence-corrected chi connectivity index (χ4v) is 5.61. The molecule has 0 saturated heterocycles. The molecule has 0 unspecified atom stereocenters. The topological polar surface area (TPSA) is 92.3 Å². The van der Waals surface area contributed by atoms with Crippen LogP contribution < -0.4 is 9.47 Å². The van der Waals surface area contributed by atoms with Crippen LogP contribution in [0.4, 0.5) is 0 Å². The molecule has 8 nitrogen and oxygen atoms in total. The van der Waals surface area contributed by atoms with Crippen molar-refractivity contribution in [2.24, 2.45) is 0 Å². The lowest BCUT2D eigenvalue weighted by Gasteiger charge is -2.18. The van der Waals surface area contributed by atoms with Crippen molar-refractivity contribution < 1.29 is 14.4 Å². The maximum atomic E-state index is 11.6. The van der Waals surface area contributed by atoms with Gasteiger partial charge in [0, 0.05) is 15.6 Å². The van der Waals surface area contributed by atoms with Crippen LogP contribution in [-0.2, 0) is 6.61 Å². The first-order valence-corrected chi connectivity index (χ1v) is 13.3. The summed E-state index contributed by atoms with van der Waals surface area (Å²) in [6, 6.07) is 18.9. The smallest absolute Gasteiger partial charge is 0.220 e. The number of thioether (sulfide) groups is 1. The lowest BCUT2D eigenvalue weighted by atomic mass is 10.1. The number of nitrogens with zero attached hydrogens (tertiary/aromatic N) is 4. The first-order chi connectivity index (χ1) is 17.7. The molecule has 1 aromatic heterocycles. The van der Waals surface area contributed by atoms with Gasteiger partial charge in [0.15, 0.2) is 16.7 Å². The van der Waals surface area contributed by atoms with Gasteiger partial charge in [-0.2, -0.15) is 0 Å². The second-order valence-electron chi connectivity index (χ2n) is 8.28. The highest BCUT2D eigenvalue weighted by Crippen LogP contribution is 2.43. The van der Waals surface area contributed by atoms with Gasteiger partial charge in [0.1, 0.15) is 17.7 Å². The van der Waals surface area contributed by atoms with Gasteiger partial charge in [-0.05, 0) is 82.9 Å². The minimum absolute atomic E-state index is 0.303. The van der Waals surface area contributed by atoms with Crippen LogP contribution in [0.5, 0.6) is 11.5 Å². The van der Waals surface area contributed by atoms with E-state index in [0.717, 1.165) is 16.8 Å². The Morgan fingerprint density at radius 3 is 2.57 bits per heavy atom. The third-order valence-corrected chi connectivity index (χ3v) is 7.56. The van der Waals surface area contributed by atoms with Gasteiger partial charge in [-0.1, -0.05) is 47.6 Å². The van der Waals surface area contributed by atoms with Gasteiger partial charge >= 0.3 is 0 Å². The minimum atomic E-state index is -0.558. The van der Waals surface area contributed by atoms with Crippen molar-refractivity contribution in [2.45, 2.75) is 30.9 Å². The number of hydrogen-bond acceptors (Lipinski definition) is 7. The van der Waals surface area contributed by atoms with Gasteiger partial charge in [-0.3, -0.25) is 14.7 Å². The molecule has 0 saturated carbocycles. The molecule has 37 heavy (non-hydrogen) atoms. The largest absolute Gasteiger partial charge is 0.493 e. The molecule has 4 aromatic rings. The van der Waals surface area contributed by atoms with Gasteiger partial charge in [0.2, 0.25) is 6.54 Å². The summed E-state index contributed by atoms with van der Waals surface area (Å²) in [6.45, 7) is 3.85. The van der Waals surface area contributed by atoms with E-state index in [9.17, 15) is 10.1 Å².